The van der Waals surface area contributed by atoms with E-state index in [4.69, 9.17) is 5.73 Å². The molecule has 4 aromatic rings. The minimum Gasteiger partial charge on any atom is -0.383 e. The zero-order valence-electron chi connectivity index (χ0n) is 17.3. The summed E-state index contributed by atoms with van der Waals surface area (Å²) in [5.74, 6) is -2.02. The fraction of sp³-hybridized carbons (Fsp3) is 0.227. The van der Waals surface area contributed by atoms with Gasteiger partial charge in [-0.05, 0) is 37.4 Å². The first-order valence-electron chi connectivity index (χ1n) is 10.1. The van der Waals surface area contributed by atoms with E-state index < -0.39 is 17.5 Å². The highest BCUT2D eigenvalue weighted by molar-refractivity contribution is 5.99. The van der Waals surface area contributed by atoms with E-state index in [1.54, 1.807) is 6.07 Å². The van der Waals surface area contributed by atoms with E-state index in [2.05, 4.69) is 20.0 Å². The van der Waals surface area contributed by atoms with Gasteiger partial charge in [0, 0.05) is 31.7 Å². The minimum atomic E-state index is -1.03. The first kappa shape index (κ1) is 20.3. The molecule has 164 valence electrons. The molecule has 10 heteroatoms. The maximum atomic E-state index is 14.8. The van der Waals surface area contributed by atoms with E-state index in [-0.39, 0.29) is 28.1 Å². The lowest BCUT2D eigenvalue weighted by Gasteiger charge is -2.32. The number of halogens is 3. The van der Waals surface area contributed by atoms with E-state index >= 15 is 0 Å². The van der Waals surface area contributed by atoms with Crippen molar-refractivity contribution in [3.05, 3.63) is 59.9 Å². The molecule has 0 radical (unpaired) electrons. The summed E-state index contributed by atoms with van der Waals surface area (Å²) in [5, 5.41) is 4.73. The molecule has 32 heavy (non-hydrogen) atoms. The van der Waals surface area contributed by atoms with Gasteiger partial charge in [-0.3, -0.25) is 0 Å². The summed E-state index contributed by atoms with van der Waals surface area (Å²) in [6.07, 6.45) is 0. The van der Waals surface area contributed by atoms with Crippen LogP contribution < -0.4 is 10.6 Å². The fourth-order valence-corrected chi connectivity index (χ4v) is 3.83. The van der Waals surface area contributed by atoms with Gasteiger partial charge in [-0.15, -0.1) is 5.10 Å². The molecule has 0 bridgehead atoms. The van der Waals surface area contributed by atoms with Gasteiger partial charge in [0.05, 0.1) is 16.8 Å². The molecule has 5 rings (SSSR count). The summed E-state index contributed by atoms with van der Waals surface area (Å²) in [7, 11) is 2.02. The Labute approximate surface area is 181 Å². The number of rotatable bonds is 3. The van der Waals surface area contributed by atoms with Crippen LogP contribution in [0.4, 0.5) is 24.9 Å². The Balaban J connectivity index is 1.76. The Morgan fingerprint density at radius 2 is 1.69 bits per heavy atom. The normalized spacial score (nSPS) is 14.9. The lowest BCUT2D eigenvalue weighted by molar-refractivity contribution is 0.311. The van der Waals surface area contributed by atoms with Gasteiger partial charge in [0.1, 0.15) is 11.6 Å². The number of aromatic nitrogens is 4. The molecule has 2 aromatic heterocycles. The SMILES string of the molecule is CN1CCN(c2nc(-c3cccc(F)c3F)c3c(N)n(-c4cccc(F)c4)nc3n2)CC1. The largest absolute Gasteiger partial charge is 0.383 e. The molecule has 2 N–H and O–H groups in total. The second-order valence-electron chi connectivity index (χ2n) is 7.74. The van der Waals surface area contributed by atoms with Crippen LogP contribution >= 0.6 is 0 Å². The number of hydrogen-bond donors (Lipinski definition) is 1. The molecule has 1 aliphatic rings. The molecule has 0 spiro atoms. The van der Waals surface area contributed by atoms with Crippen molar-refractivity contribution in [2.45, 2.75) is 0 Å². The predicted octanol–water partition coefficient (Wildman–Crippen LogP) is 3.23. The van der Waals surface area contributed by atoms with E-state index in [9.17, 15) is 13.2 Å². The Morgan fingerprint density at radius 1 is 0.938 bits per heavy atom. The maximum absolute atomic E-state index is 14.8. The zero-order chi connectivity index (χ0) is 22.4. The first-order valence-corrected chi connectivity index (χ1v) is 10.1. The van der Waals surface area contributed by atoms with E-state index in [1.165, 1.54) is 35.0 Å². The summed E-state index contributed by atoms with van der Waals surface area (Å²) in [6, 6.07) is 9.64. The van der Waals surface area contributed by atoms with Crippen molar-refractivity contribution in [1.29, 1.82) is 0 Å². The third-order valence-electron chi connectivity index (χ3n) is 5.60. The number of nitrogen functional groups attached to an aromatic ring is 1. The highest BCUT2D eigenvalue weighted by Gasteiger charge is 2.25. The standard InChI is InChI=1S/C22H20F3N7/c1-30-8-10-31(11-9-30)22-27-19(15-6-3-7-16(24)18(15)25)17-20(26)32(29-21(17)28-22)14-5-2-4-13(23)12-14/h2-7,12H,8-11,26H2,1H3. The van der Waals surface area contributed by atoms with Crippen LogP contribution in [0.2, 0.25) is 0 Å². The van der Waals surface area contributed by atoms with Crippen molar-refractivity contribution in [1.82, 2.24) is 24.6 Å². The number of benzene rings is 2. The quantitative estimate of drug-likeness (QED) is 0.528. The molecule has 3 heterocycles. The number of likely N-dealkylation sites (N-methyl/N-ethyl adjacent to an activating group) is 1. The molecule has 7 nitrogen and oxygen atoms in total. The molecule has 1 aliphatic heterocycles. The van der Waals surface area contributed by atoms with Crippen molar-refractivity contribution in [2.24, 2.45) is 0 Å². The van der Waals surface area contributed by atoms with Crippen LogP contribution in [0.25, 0.3) is 28.0 Å². The van der Waals surface area contributed by atoms with Crippen LogP contribution in [0.5, 0.6) is 0 Å². The van der Waals surface area contributed by atoms with E-state index in [0.717, 1.165) is 19.2 Å². The highest BCUT2D eigenvalue weighted by atomic mass is 19.2. The molecule has 1 fully saturated rings. The Kier molecular flexibility index (Phi) is 4.93. The summed E-state index contributed by atoms with van der Waals surface area (Å²) >= 11 is 0. The van der Waals surface area contributed by atoms with Gasteiger partial charge in [0.2, 0.25) is 5.95 Å². The Morgan fingerprint density at radius 3 is 2.44 bits per heavy atom. The van der Waals surface area contributed by atoms with Crippen LogP contribution in [-0.2, 0) is 0 Å². The van der Waals surface area contributed by atoms with Crippen molar-refractivity contribution in [3.63, 3.8) is 0 Å². The number of nitrogens with zero attached hydrogens (tertiary/aromatic N) is 6. The van der Waals surface area contributed by atoms with Gasteiger partial charge >= 0.3 is 0 Å². The molecule has 0 unspecified atom stereocenters. The summed E-state index contributed by atoms with van der Waals surface area (Å²) < 4.78 is 44.0. The van der Waals surface area contributed by atoms with E-state index in [0.29, 0.717) is 24.7 Å². The summed E-state index contributed by atoms with van der Waals surface area (Å²) in [5.41, 5.74) is 7.05. The Hall–Kier alpha value is -3.66. The average Bonchev–Trinajstić information content (AvgIpc) is 3.12. The number of hydrogen-bond acceptors (Lipinski definition) is 6. The highest BCUT2D eigenvalue weighted by Crippen LogP contribution is 2.35. The van der Waals surface area contributed by atoms with Crippen LogP contribution in [0.1, 0.15) is 0 Å². The zero-order valence-corrected chi connectivity index (χ0v) is 17.3. The third kappa shape index (κ3) is 3.42. The molecule has 0 atom stereocenters. The fourth-order valence-electron chi connectivity index (χ4n) is 3.83. The lowest BCUT2D eigenvalue weighted by Crippen LogP contribution is -2.45. The molecule has 0 aliphatic carbocycles. The number of fused-ring (bicyclic) bond motifs is 1. The minimum absolute atomic E-state index is 0.0433. The molecule has 2 aromatic carbocycles. The van der Waals surface area contributed by atoms with Gasteiger partial charge in [-0.1, -0.05) is 12.1 Å². The predicted molar refractivity (Wildman–Crippen MR) is 116 cm³/mol. The van der Waals surface area contributed by atoms with Crippen molar-refractivity contribution in [2.75, 3.05) is 43.9 Å². The van der Waals surface area contributed by atoms with Gasteiger partial charge in [-0.2, -0.15) is 4.98 Å². The van der Waals surface area contributed by atoms with Crippen LogP contribution in [0.15, 0.2) is 42.5 Å². The number of nitrogens with two attached hydrogens (primary N) is 1. The first-order chi connectivity index (χ1) is 15.4. The second-order valence-corrected chi connectivity index (χ2v) is 7.74. The summed E-state index contributed by atoms with van der Waals surface area (Å²) in [6.45, 7) is 2.97. The molecule has 1 saturated heterocycles. The van der Waals surface area contributed by atoms with Crippen molar-refractivity contribution in [3.8, 4) is 16.9 Å². The smallest absolute Gasteiger partial charge is 0.228 e. The second kappa shape index (κ2) is 7.79. The molecular weight excluding hydrogens is 419 g/mol. The monoisotopic (exact) mass is 439 g/mol. The van der Waals surface area contributed by atoms with Crippen molar-refractivity contribution < 1.29 is 13.2 Å². The average molecular weight is 439 g/mol. The van der Waals surface area contributed by atoms with E-state index in [1.807, 2.05) is 11.9 Å². The molecule has 0 saturated carbocycles. The third-order valence-corrected chi connectivity index (χ3v) is 5.60. The van der Waals surface area contributed by atoms with Gasteiger partial charge in [0.25, 0.3) is 0 Å². The van der Waals surface area contributed by atoms with Crippen LogP contribution in [-0.4, -0.2) is 57.9 Å². The summed E-state index contributed by atoms with van der Waals surface area (Å²) in [4.78, 5) is 13.3. The van der Waals surface area contributed by atoms with Crippen molar-refractivity contribution >= 4 is 22.8 Å². The van der Waals surface area contributed by atoms with Crippen LogP contribution in [0, 0.1) is 17.5 Å². The Bertz CT molecular complexity index is 1310. The maximum Gasteiger partial charge on any atom is 0.228 e. The molecular formula is C22H20F3N7. The van der Waals surface area contributed by atoms with Crippen LogP contribution in [0.3, 0.4) is 0 Å². The molecule has 0 amide bonds. The number of piperazine rings is 1. The topological polar surface area (TPSA) is 76.1 Å². The van der Waals surface area contributed by atoms with Gasteiger partial charge < -0.3 is 15.5 Å². The van der Waals surface area contributed by atoms with Gasteiger partial charge in [0.15, 0.2) is 17.3 Å². The lowest BCUT2D eigenvalue weighted by atomic mass is 10.1. The number of anilines is 2. The van der Waals surface area contributed by atoms with Gasteiger partial charge in [-0.25, -0.2) is 22.8 Å².